The lowest BCUT2D eigenvalue weighted by molar-refractivity contribution is -0.135. The maximum atomic E-state index is 5.96. The number of benzene rings is 1. The van der Waals surface area contributed by atoms with Gasteiger partial charge in [-0.05, 0) is 19.0 Å². The van der Waals surface area contributed by atoms with E-state index in [0.29, 0.717) is 19.8 Å². The number of nitrogens with one attached hydrogen (secondary N) is 1. The van der Waals surface area contributed by atoms with Crippen molar-refractivity contribution in [1.82, 2.24) is 5.32 Å². The molecule has 0 radical (unpaired) electrons. The molecule has 1 saturated heterocycles. The van der Waals surface area contributed by atoms with Gasteiger partial charge in [-0.1, -0.05) is 25.1 Å². The molecule has 4 nitrogen and oxygen atoms in total. The van der Waals surface area contributed by atoms with E-state index in [1.54, 1.807) is 0 Å². The molecule has 0 spiro atoms. The number of ether oxygens (including phenoxy) is 2. The Morgan fingerprint density at radius 2 is 2.15 bits per heavy atom. The second-order valence-electron chi connectivity index (χ2n) is 5.15. The molecule has 3 rings (SSSR count). The van der Waals surface area contributed by atoms with E-state index in [0.717, 1.165) is 41.8 Å². The van der Waals surface area contributed by atoms with Crippen molar-refractivity contribution in [3.05, 3.63) is 35.6 Å². The van der Waals surface area contributed by atoms with Gasteiger partial charge in [-0.2, -0.15) is 0 Å². The number of rotatable bonds is 7. The molecule has 1 aliphatic heterocycles. The SMILES string of the molecule is CCCNCc1oc2ccccc2c1COC1COC1. The van der Waals surface area contributed by atoms with E-state index in [1.165, 1.54) is 0 Å². The van der Waals surface area contributed by atoms with Gasteiger partial charge in [-0.3, -0.25) is 0 Å². The van der Waals surface area contributed by atoms with Crippen molar-refractivity contribution in [1.29, 1.82) is 0 Å². The van der Waals surface area contributed by atoms with Crippen LogP contribution in [0.5, 0.6) is 0 Å². The van der Waals surface area contributed by atoms with Gasteiger partial charge in [-0.25, -0.2) is 0 Å². The molecule has 20 heavy (non-hydrogen) atoms. The van der Waals surface area contributed by atoms with Gasteiger partial charge < -0.3 is 19.2 Å². The van der Waals surface area contributed by atoms with Gasteiger partial charge in [0.1, 0.15) is 17.4 Å². The number of fused-ring (bicyclic) bond motifs is 1. The minimum atomic E-state index is 0.236. The second-order valence-corrected chi connectivity index (χ2v) is 5.15. The first-order valence-electron chi connectivity index (χ1n) is 7.28. The normalized spacial score (nSPS) is 15.7. The number of hydrogen-bond acceptors (Lipinski definition) is 4. The summed E-state index contributed by atoms with van der Waals surface area (Å²) in [4.78, 5) is 0. The third-order valence-electron chi connectivity index (χ3n) is 3.57. The summed E-state index contributed by atoms with van der Waals surface area (Å²) in [6, 6.07) is 8.14. The van der Waals surface area contributed by atoms with Crippen LogP contribution in [0, 0.1) is 0 Å². The summed E-state index contributed by atoms with van der Waals surface area (Å²) in [6.45, 7) is 5.91. The van der Waals surface area contributed by atoms with Gasteiger partial charge in [0, 0.05) is 10.9 Å². The Morgan fingerprint density at radius 1 is 1.30 bits per heavy atom. The third kappa shape index (κ3) is 2.87. The zero-order valence-corrected chi connectivity index (χ0v) is 11.9. The molecule has 0 unspecified atom stereocenters. The Balaban J connectivity index is 1.78. The van der Waals surface area contributed by atoms with Crippen LogP contribution in [0.1, 0.15) is 24.7 Å². The van der Waals surface area contributed by atoms with Crippen molar-refractivity contribution < 1.29 is 13.9 Å². The molecule has 0 amide bonds. The number of hydrogen-bond donors (Lipinski definition) is 1. The summed E-state index contributed by atoms with van der Waals surface area (Å²) in [5.41, 5.74) is 2.10. The molecule has 2 aromatic rings. The number of furan rings is 1. The van der Waals surface area contributed by atoms with Crippen LogP contribution in [0.15, 0.2) is 28.7 Å². The predicted octanol–water partition coefficient (Wildman–Crippen LogP) is 2.85. The Kier molecular flexibility index (Phi) is 4.35. The smallest absolute Gasteiger partial charge is 0.134 e. The summed E-state index contributed by atoms with van der Waals surface area (Å²) in [5.74, 6) is 0.986. The Hall–Kier alpha value is -1.36. The zero-order chi connectivity index (χ0) is 13.8. The van der Waals surface area contributed by atoms with Crippen molar-refractivity contribution in [2.75, 3.05) is 19.8 Å². The molecule has 0 aliphatic carbocycles. The highest BCUT2D eigenvalue weighted by Gasteiger charge is 2.21. The molecule has 1 aromatic heterocycles. The molecular formula is C16H21NO3. The molecule has 4 heteroatoms. The van der Waals surface area contributed by atoms with Crippen LogP contribution >= 0.6 is 0 Å². The zero-order valence-electron chi connectivity index (χ0n) is 11.9. The number of para-hydroxylation sites is 1. The predicted molar refractivity (Wildman–Crippen MR) is 77.6 cm³/mol. The summed E-state index contributed by atoms with van der Waals surface area (Å²) in [7, 11) is 0. The van der Waals surface area contributed by atoms with Crippen LogP contribution in [0.3, 0.4) is 0 Å². The van der Waals surface area contributed by atoms with Gasteiger partial charge in [0.25, 0.3) is 0 Å². The van der Waals surface area contributed by atoms with E-state index in [1.807, 2.05) is 18.2 Å². The van der Waals surface area contributed by atoms with Crippen molar-refractivity contribution in [2.24, 2.45) is 0 Å². The van der Waals surface area contributed by atoms with Crippen molar-refractivity contribution in [3.8, 4) is 0 Å². The fourth-order valence-corrected chi connectivity index (χ4v) is 2.34. The van der Waals surface area contributed by atoms with Gasteiger partial charge in [0.15, 0.2) is 0 Å². The molecular weight excluding hydrogens is 254 g/mol. The van der Waals surface area contributed by atoms with Crippen molar-refractivity contribution in [3.63, 3.8) is 0 Å². The molecule has 1 aliphatic rings. The minimum Gasteiger partial charge on any atom is -0.459 e. The maximum absolute atomic E-state index is 5.96. The lowest BCUT2D eigenvalue weighted by Crippen LogP contribution is -2.35. The lowest BCUT2D eigenvalue weighted by atomic mass is 10.1. The van der Waals surface area contributed by atoms with E-state index < -0.39 is 0 Å². The highest BCUT2D eigenvalue weighted by Crippen LogP contribution is 2.27. The van der Waals surface area contributed by atoms with Crippen LogP contribution in [0.2, 0.25) is 0 Å². The first-order valence-corrected chi connectivity index (χ1v) is 7.28. The van der Waals surface area contributed by atoms with Crippen LogP contribution in [0.25, 0.3) is 11.0 Å². The molecule has 108 valence electrons. The minimum absolute atomic E-state index is 0.236. The summed E-state index contributed by atoms with van der Waals surface area (Å²) in [6.07, 6.45) is 1.35. The van der Waals surface area contributed by atoms with Crippen LogP contribution in [-0.4, -0.2) is 25.9 Å². The fourth-order valence-electron chi connectivity index (χ4n) is 2.34. The quantitative estimate of drug-likeness (QED) is 0.789. The first-order chi connectivity index (χ1) is 9.88. The Labute approximate surface area is 119 Å². The van der Waals surface area contributed by atoms with E-state index in [2.05, 4.69) is 18.3 Å². The van der Waals surface area contributed by atoms with E-state index >= 15 is 0 Å². The average Bonchev–Trinajstić information content (AvgIpc) is 2.76. The Bertz CT molecular complexity index is 560. The van der Waals surface area contributed by atoms with Crippen LogP contribution in [0.4, 0.5) is 0 Å². The monoisotopic (exact) mass is 275 g/mol. The molecule has 0 saturated carbocycles. The largest absolute Gasteiger partial charge is 0.459 e. The topological polar surface area (TPSA) is 43.6 Å². The molecule has 1 aromatic carbocycles. The van der Waals surface area contributed by atoms with Crippen LogP contribution < -0.4 is 5.32 Å². The molecule has 1 N–H and O–H groups in total. The van der Waals surface area contributed by atoms with Gasteiger partial charge in [0.05, 0.1) is 26.4 Å². The van der Waals surface area contributed by atoms with Crippen LogP contribution in [-0.2, 0) is 22.6 Å². The van der Waals surface area contributed by atoms with E-state index in [4.69, 9.17) is 13.9 Å². The summed E-state index contributed by atoms with van der Waals surface area (Å²) in [5, 5.41) is 4.55. The Morgan fingerprint density at radius 3 is 2.90 bits per heavy atom. The van der Waals surface area contributed by atoms with E-state index in [9.17, 15) is 0 Å². The van der Waals surface area contributed by atoms with Gasteiger partial charge >= 0.3 is 0 Å². The molecule has 2 heterocycles. The molecule has 0 bridgehead atoms. The summed E-state index contributed by atoms with van der Waals surface area (Å²) >= 11 is 0. The first kappa shape index (κ1) is 13.6. The highest BCUT2D eigenvalue weighted by atomic mass is 16.6. The van der Waals surface area contributed by atoms with Crippen molar-refractivity contribution in [2.45, 2.75) is 32.6 Å². The standard InChI is InChI=1S/C16H21NO3/c1-2-7-17-8-16-14(11-19-12-9-18-10-12)13-5-3-4-6-15(13)20-16/h3-6,12,17H,2,7-11H2,1H3. The fraction of sp³-hybridized carbons (Fsp3) is 0.500. The second kappa shape index (κ2) is 6.39. The summed E-state index contributed by atoms with van der Waals surface area (Å²) < 4.78 is 17.0. The third-order valence-corrected chi connectivity index (χ3v) is 3.57. The average molecular weight is 275 g/mol. The van der Waals surface area contributed by atoms with E-state index in [-0.39, 0.29) is 6.10 Å². The van der Waals surface area contributed by atoms with Crippen molar-refractivity contribution >= 4 is 11.0 Å². The highest BCUT2D eigenvalue weighted by molar-refractivity contribution is 5.82. The molecule has 1 fully saturated rings. The van der Waals surface area contributed by atoms with Gasteiger partial charge in [-0.15, -0.1) is 0 Å². The molecule has 0 atom stereocenters. The van der Waals surface area contributed by atoms with Gasteiger partial charge in [0.2, 0.25) is 0 Å². The lowest BCUT2D eigenvalue weighted by Gasteiger charge is -2.26. The maximum Gasteiger partial charge on any atom is 0.134 e.